The lowest BCUT2D eigenvalue weighted by Gasteiger charge is -2.09. The van der Waals surface area contributed by atoms with Crippen LogP contribution in [0.15, 0.2) is 18.2 Å². The summed E-state index contributed by atoms with van der Waals surface area (Å²) in [5.41, 5.74) is 2.79. The van der Waals surface area contributed by atoms with Gasteiger partial charge in [-0.25, -0.2) is 9.97 Å². The molecule has 3 nitrogen and oxygen atoms in total. The average Bonchev–Trinajstić information content (AvgIpc) is 2.32. The second kappa shape index (κ2) is 5.76. The molecule has 100 valence electrons. The Labute approximate surface area is 122 Å². The van der Waals surface area contributed by atoms with Crippen LogP contribution < -0.4 is 4.74 Å². The number of hydrogen-bond donors (Lipinski definition) is 0. The minimum Gasteiger partial charge on any atom is -0.486 e. The molecule has 1 aromatic carbocycles. The molecule has 0 N–H and O–H groups in total. The molecule has 0 radical (unpaired) electrons. The number of nitrogens with zero attached hydrogens (tertiary/aromatic N) is 2. The van der Waals surface area contributed by atoms with E-state index in [0.29, 0.717) is 11.0 Å². The maximum atomic E-state index is 6.11. The van der Waals surface area contributed by atoms with Gasteiger partial charge in [0.05, 0.1) is 0 Å². The Hall–Kier alpha value is -1.32. The fourth-order valence-electron chi connectivity index (χ4n) is 1.79. The third kappa shape index (κ3) is 3.58. The van der Waals surface area contributed by atoms with Gasteiger partial charge in [-0.05, 0) is 50.1 Å². The highest BCUT2D eigenvalue weighted by molar-refractivity contribution is 6.32. The van der Waals surface area contributed by atoms with Crippen LogP contribution in [0, 0.1) is 20.8 Å². The molecule has 2 rings (SSSR count). The number of hydrogen-bond acceptors (Lipinski definition) is 3. The Balaban J connectivity index is 2.14. The van der Waals surface area contributed by atoms with Gasteiger partial charge in [0.2, 0.25) is 0 Å². The minimum absolute atomic E-state index is 0.280. The lowest BCUT2D eigenvalue weighted by atomic mass is 10.1. The molecule has 0 unspecified atom stereocenters. The summed E-state index contributed by atoms with van der Waals surface area (Å²) < 4.78 is 5.68. The van der Waals surface area contributed by atoms with Crippen LogP contribution in [0.25, 0.3) is 0 Å². The first-order chi connectivity index (χ1) is 8.95. The molecular weight excluding hydrogens is 283 g/mol. The van der Waals surface area contributed by atoms with Crippen LogP contribution in [0.1, 0.15) is 22.6 Å². The molecule has 0 bridgehead atoms. The second-order valence-electron chi connectivity index (χ2n) is 4.41. The summed E-state index contributed by atoms with van der Waals surface area (Å²) in [6.07, 6.45) is 0. The Morgan fingerprint density at radius 1 is 1.00 bits per heavy atom. The molecule has 0 aliphatic rings. The molecule has 2 aromatic rings. The van der Waals surface area contributed by atoms with Crippen molar-refractivity contribution in [3.63, 3.8) is 0 Å². The van der Waals surface area contributed by atoms with Crippen LogP contribution in [0.3, 0.4) is 0 Å². The zero-order valence-corrected chi connectivity index (χ0v) is 12.5. The molecule has 1 aromatic heterocycles. The lowest BCUT2D eigenvalue weighted by Crippen LogP contribution is -2.03. The largest absolute Gasteiger partial charge is 0.486 e. The maximum Gasteiger partial charge on any atom is 0.167 e. The smallest absolute Gasteiger partial charge is 0.167 e. The number of benzene rings is 1. The van der Waals surface area contributed by atoms with Crippen molar-refractivity contribution in [1.82, 2.24) is 9.97 Å². The van der Waals surface area contributed by atoms with Crippen molar-refractivity contribution in [3.8, 4) is 5.75 Å². The van der Waals surface area contributed by atoms with E-state index in [-0.39, 0.29) is 6.61 Å². The zero-order valence-electron chi connectivity index (χ0n) is 11.0. The summed E-state index contributed by atoms with van der Waals surface area (Å²) in [5.74, 6) is 1.32. The third-order valence-corrected chi connectivity index (χ3v) is 3.44. The predicted molar refractivity (Wildman–Crippen MR) is 77.0 cm³/mol. The van der Waals surface area contributed by atoms with Gasteiger partial charge in [-0.15, -0.1) is 0 Å². The highest BCUT2D eigenvalue weighted by atomic mass is 35.5. The second-order valence-corrected chi connectivity index (χ2v) is 5.17. The van der Waals surface area contributed by atoms with Crippen LogP contribution in [0.4, 0.5) is 0 Å². The summed E-state index contributed by atoms with van der Waals surface area (Å²) in [6.45, 7) is 6.04. The molecule has 0 saturated heterocycles. The Bertz CT molecular complexity index is 571. The van der Waals surface area contributed by atoms with Crippen LogP contribution in [0.2, 0.25) is 10.2 Å². The first kappa shape index (κ1) is 14.1. The van der Waals surface area contributed by atoms with Gasteiger partial charge in [0.1, 0.15) is 17.5 Å². The molecule has 0 fully saturated rings. The fourth-order valence-corrected chi connectivity index (χ4v) is 2.16. The van der Waals surface area contributed by atoms with E-state index in [1.54, 1.807) is 6.07 Å². The van der Waals surface area contributed by atoms with E-state index in [1.165, 1.54) is 0 Å². The molecular formula is C14H14Cl2N2O. The van der Waals surface area contributed by atoms with Crippen molar-refractivity contribution < 1.29 is 4.74 Å². The van der Waals surface area contributed by atoms with E-state index in [9.17, 15) is 0 Å². The van der Waals surface area contributed by atoms with Gasteiger partial charge in [0.25, 0.3) is 0 Å². The number of aromatic nitrogens is 2. The van der Waals surface area contributed by atoms with E-state index in [2.05, 4.69) is 9.97 Å². The molecule has 0 atom stereocenters. The Morgan fingerprint density at radius 2 is 1.63 bits per heavy atom. The SMILES string of the molecule is Cc1cc(Cl)nc(COc2cc(C)c(Cl)c(C)c2)n1. The fraction of sp³-hybridized carbons (Fsp3) is 0.286. The summed E-state index contributed by atoms with van der Waals surface area (Å²) >= 11 is 12.0. The van der Waals surface area contributed by atoms with E-state index in [0.717, 1.165) is 27.6 Å². The molecule has 1 heterocycles. The van der Waals surface area contributed by atoms with E-state index in [4.69, 9.17) is 27.9 Å². The Kier molecular flexibility index (Phi) is 4.27. The van der Waals surface area contributed by atoms with Crippen molar-refractivity contribution in [2.75, 3.05) is 0 Å². The van der Waals surface area contributed by atoms with Gasteiger partial charge in [-0.3, -0.25) is 0 Å². The van der Waals surface area contributed by atoms with Crippen LogP contribution in [0.5, 0.6) is 5.75 Å². The third-order valence-electron chi connectivity index (χ3n) is 2.65. The summed E-state index contributed by atoms with van der Waals surface area (Å²) in [4.78, 5) is 8.38. The van der Waals surface area contributed by atoms with Crippen molar-refractivity contribution in [2.45, 2.75) is 27.4 Å². The monoisotopic (exact) mass is 296 g/mol. The molecule has 0 spiro atoms. The lowest BCUT2D eigenvalue weighted by molar-refractivity contribution is 0.295. The Morgan fingerprint density at radius 3 is 2.21 bits per heavy atom. The summed E-state index contributed by atoms with van der Waals surface area (Å²) in [5, 5.41) is 1.19. The average molecular weight is 297 g/mol. The van der Waals surface area contributed by atoms with Gasteiger partial charge in [-0.2, -0.15) is 0 Å². The normalized spacial score (nSPS) is 10.6. The highest BCUT2D eigenvalue weighted by Crippen LogP contribution is 2.26. The number of halogens is 2. The number of ether oxygens (including phenoxy) is 1. The van der Waals surface area contributed by atoms with E-state index >= 15 is 0 Å². The molecule has 0 aliphatic carbocycles. The molecule has 19 heavy (non-hydrogen) atoms. The van der Waals surface area contributed by atoms with Crippen LogP contribution in [-0.2, 0) is 6.61 Å². The first-order valence-corrected chi connectivity index (χ1v) is 6.61. The van der Waals surface area contributed by atoms with Crippen LogP contribution in [-0.4, -0.2) is 9.97 Å². The van der Waals surface area contributed by atoms with Crippen molar-refractivity contribution in [2.24, 2.45) is 0 Å². The standard InChI is InChI=1S/C14H14Cl2N2O/c1-8-4-11(5-9(2)14(8)16)19-7-13-17-10(3)6-12(15)18-13/h4-6H,7H2,1-3H3. The quantitative estimate of drug-likeness (QED) is 0.793. The van der Waals surface area contributed by atoms with Crippen LogP contribution >= 0.6 is 23.2 Å². The number of aryl methyl sites for hydroxylation is 3. The maximum absolute atomic E-state index is 6.11. The van der Waals surface area contributed by atoms with E-state index in [1.807, 2.05) is 32.9 Å². The molecule has 0 saturated carbocycles. The highest BCUT2D eigenvalue weighted by Gasteiger charge is 2.06. The first-order valence-electron chi connectivity index (χ1n) is 5.85. The summed E-state index contributed by atoms with van der Waals surface area (Å²) in [7, 11) is 0. The number of rotatable bonds is 3. The van der Waals surface area contributed by atoms with E-state index < -0.39 is 0 Å². The van der Waals surface area contributed by atoms with Gasteiger partial charge >= 0.3 is 0 Å². The topological polar surface area (TPSA) is 35.0 Å². The van der Waals surface area contributed by atoms with Crippen molar-refractivity contribution in [3.05, 3.63) is 51.0 Å². The molecule has 5 heteroatoms. The summed E-state index contributed by atoms with van der Waals surface area (Å²) in [6, 6.07) is 5.50. The van der Waals surface area contributed by atoms with Gasteiger partial charge in [0.15, 0.2) is 5.82 Å². The minimum atomic E-state index is 0.280. The van der Waals surface area contributed by atoms with Gasteiger partial charge in [-0.1, -0.05) is 23.2 Å². The van der Waals surface area contributed by atoms with Gasteiger partial charge in [0, 0.05) is 10.7 Å². The van der Waals surface area contributed by atoms with Gasteiger partial charge < -0.3 is 4.74 Å². The van der Waals surface area contributed by atoms with Crippen molar-refractivity contribution in [1.29, 1.82) is 0 Å². The predicted octanol–water partition coefficient (Wildman–Crippen LogP) is 4.29. The van der Waals surface area contributed by atoms with Crippen molar-refractivity contribution >= 4 is 23.2 Å². The molecule has 0 aliphatic heterocycles. The zero-order chi connectivity index (χ0) is 14.0. The molecule has 0 amide bonds.